The Kier molecular flexibility index (Phi) is 9.62. The first-order valence-electron chi connectivity index (χ1n) is 8.93. The summed E-state index contributed by atoms with van der Waals surface area (Å²) in [7, 11) is 1.55. The van der Waals surface area contributed by atoms with E-state index in [4.69, 9.17) is 22.1 Å². The molecule has 1 aliphatic rings. The number of hydrogen-bond donors (Lipinski definition) is 1. The van der Waals surface area contributed by atoms with Gasteiger partial charge in [0.1, 0.15) is 5.75 Å². The molecule has 1 saturated heterocycles. The number of rotatable bonds is 8. The fourth-order valence-electron chi connectivity index (χ4n) is 3.31. The van der Waals surface area contributed by atoms with E-state index in [1.807, 2.05) is 0 Å². The van der Waals surface area contributed by atoms with E-state index in [0.717, 1.165) is 19.5 Å². The number of likely N-dealkylation sites (tertiary alicyclic amines) is 1. The summed E-state index contributed by atoms with van der Waals surface area (Å²) in [4.78, 5) is 15.1. The van der Waals surface area contributed by atoms with Crippen molar-refractivity contribution in [1.82, 2.24) is 4.90 Å². The van der Waals surface area contributed by atoms with Gasteiger partial charge in [-0.3, -0.25) is 4.79 Å². The number of hydrogen-bond acceptors (Lipinski definition) is 4. The van der Waals surface area contributed by atoms with Gasteiger partial charge in [0.05, 0.1) is 23.4 Å². The summed E-state index contributed by atoms with van der Waals surface area (Å²) in [5.41, 5.74) is 6.75. The Morgan fingerprint density at radius 3 is 2.64 bits per heavy atom. The molecule has 1 fully saturated rings. The molecule has 2 N–H and O–H groups in total. The summed E-state index contributed by atoms with van der Waals surface area (Å²) in [6.45, 7) is 5.77. The standard InChI is InChI=1S/C19H29ClN2O2.ClH/c1-3-4-9-22-10-7-14(8-11-22)5-6-18(23)15-12-16(20)17(21)13-19(15)24-2;/h12-14H,3-11,21H2,1-2H3;1H/p-1. The van der Waals surface area contributed by atoms with E-state index in [1.165, 1.54) is 32.2 Å². The molecule has 142 valence electrons. The second-order valence-corrected chi connectivity index (χ2v) is 7.08. The molecule has 4 nitrogen and oxygen atoms in total. The van der Waals surface area contributed by atoms with Crippen molar-refractivity contribution >= 4 is 23.1 Å². The topological polar surface area (TPSA) is 55.6 Å². The first kappa shape index (κ1) is 22.1. The summed E-state index contributed by atoms with van der Waals surface area (Å²) < 4.78 is 5.28. The van der Waals surface area contributed by atoms with Crippen molar-refractivity contribution in [3.8, 4) is 5.75 Å². The zero-order valence-corrected chi connectivity index (χ0v) is 16.7. The number of benzene rings is 1. The molecule has 0 saturated carbocycles. The van der Waals surface area contributed by atoms with Gasteiger partial charge in [0, 0.05) is 12.5 Å². The Morgan fingerprint density at radius 2 is 2.04 bits per heavy atom. The van der Waals surface area contributed by atoms with Crippen molar-refractivity contribution in [2.75, 3.05) is 32.5 Å². The Morgan fingerprint density at radius 1 is 1.36 bits per heavy atom. The van der Waals surface area contributed by atoms with Crippen LogP contribution < -0.4 is 22.9 Å². The van der Waals surface area contributed by atoms with Gasteiger partial charge < -0.3 is 27.8 Å². The van der Waals surface area contributed by atoms with Gasteiger partial charge >= 0.3 is 0 Å². The molecule has 25 heavy (non-hydrogen) atoms. The first-order chi connectivity index (χ1) is 11.5. The van der Waals surface area contributed by atoms with Crippen LogP contribution in [0.1, 0.15) is 55.8 Å². The number of piperidine rings is 1. The summed E-state index contributed by atoms with van der Waals surface area (Å²) in [5.74, 6) is 1.24. The lowest BCUT2D eigenvalue weighted by molar-refractivity contribution is -0.0000134. The van der Waals surface area contributed by atoms with Gasteiger partial charge in [-0.05, 0) is 57.3 Å². The van der Waals surface area contributed by atoms with E-state index in [0.29, 0.717) is 34.4 Å². The van der Waals surface area contributed by atoms with Crippen LogP contribution in [0.25, 0.3) is 0 Å². The lowest BCUT2D eigenvalue weighted by Crippen LogP contribution is -3.00. The van der Waals surface area contributed by atoms with Crippen LogP contribution in [0.15, 0.2) is 12.1 Å². The maximum atomic E-state index is 12.5. The Hall–Kier alpha value is -0.970. The number of unbranched alkanes of at least 4 members (excludes halogenated alkanes) is 1. The fourth-order valence-corrected chi connectivity index (χ4v) is 3.47. The Balaban J connectivity index is 0.00000312. The highest BCUT2D eigenvalue weighted by molar-refractivity contribution is 6.33. The third kappa shape index (κ3) is 6.36. The maximum Gasteiger partial charge on any atom is 0.166 e. The fraction of sp³-hybridized carbons (Fsp3) is 0.632. The third-order valence-corrected chi connectivity index (χ3v) is 5.26. The van der Waals surface area contributed by atoms with Crippen molar-refractivity contribution in [3.63, 3.8) is 0 Å². The SMILES string of the molecule is CCCCN1CCC(CCC(=O)c2cc(Cl)c(N)cc2OC)CC1.[Cl-]. The molecule has 0 aliphatic carbocycles. The first-order valence-corrected chi connectivity index (χ1v) is 9.31. The van der Waals surface area contributed by atoms with E-state index in [-0.39, 0.29) is 18.2 Å². The van der Waals surface area contributed by atoms with Gasteiger partial charge in [-0.15, -0.1) is 0 Å². The highest BCUT2D eigenvalue weighted by atomic mass is 35.5. The molecule has 6 heteroatoms. The smallest absolute Gasteiger partial charge is 0.166 e. The average molecular weight is 388 g/mol. The van der Waals surface area contributed by atoms with Gasteiger partial charge in [-0.1, -0.05) is 24.9 Å². The van der Waals surface area contributed by atoms with Gasteiger partial charge in [0.25, 0.3) is 0 Å². The van der Waals surface area contributed by atoms with E-state index < -0.39 is 0 Å². The van der Waals surface area contributed by atoms with Crippen LogP contribution in [0.2, 0.25) is 5.02 Å². The number of carbonyl (C=O) groups is 1. The van der Waals surface area contributed by atoms with Crippen LogP contribution in [0.3, 0.4) is 0 Å². The predicted octanol–water partition coefficient (Wildman–Crippen LogP) is 1.41. The van der Waals surface area contributed by atoms with Crippen LogP contribution in [0.4, 0.5) is 5.69 Å². The van der Waals surface area contributed by atoms with Gasteiger partial charge in [0.15, 0.2) is 5.78 Å². The van der Waals surface area contributed by atoms with E-state index in [1.54, 1.807) is 19.2 Å². The molecule has 0 atom stereocenters. The highest BCUT2D eigenvalue weighted by Crippen LogP contribution is 2.31. The summed E-state index contributed by atoms with van der Waals surface area (Å²) >= 11 is 6.06. The van der Waals surface area contributed by atoms with Crippen LogP contribution >= 0.6 is 11.6 Å². The summed E-state index contributed by atoms with van der Waals surface area (Å²) in [6, 6.07) is 3.26. The number of anilines is 1. The molecule has 1 heterocycles. The van der Waals surface area contributed by atoms with Gasteiger partial charge in [-0.25, -0.2) is 0 Å². The minimum atomic E-state index is 0. The second kappa shape index (κ2) is 10.9. The third-order valence-electron chi connectivity index (χ3n) is 4.93. The summed E-state index contributed by atoms with van der Waals surface area (Å²) in [5, 5.41) is 0.406. The highest BCUT2D eigenvalue weighted by Gasteiger charge is 2.21. The monoisotopic (exact) mass is 387 g/mol. The minimum Gasteiger partial charge on any atom is -1.00 e. The number of halogens is 2. The Labute approximate surface area is 162 Å². The molecule has 0 radical (unpaired) electrons. The van der Waals surface area contributed by atoms with Crippen molar-refractivity contribution in [3.05, 3.63) is 22.7 Å². The molecule has 1 aliphatic heterocycles. The van der Waals surface area contributed by atoms with Crippen LogP contribution in [-0.2, 0) is 0 Å². The lowest BCUT2D eigenvalue weighted by Gasteiger charge is -2.31. The van der Waals surface area contributed by atoms with E-state index >= 15 is 0 Å². The molecule has 1 aromatic rings. The number of methoxy groups -OCH3 is 1. The largest absolute Gasteiger partial charge is 1.00 e. The van der Waals surface area contributed by atoms with Crippen LogP contribution in [0, 0.1) is 5.92 Å². The summed E-state index contributed by atoms with van der Waals surface area (Å²) in [6.07, 6.45) is 6.39. The van der Waals surface area contributed by atoms with Gasteiger partial charge in [-0.2, -0.15) is 0 Å². The van der Waals surface area contributed by atoms with Crippen molar-refractivity contribution in [2.45, 2.75) is 45.4 Å². The zero-order valence-electron chi connectivity index (χ0n) is 15.2. The number of carbonyl (C=O) groups excluding carboxylic acids is 1. The van der Waals surface area contributed by atoms with Crippen LogP contribution in [0.5, 0.6) is 5.75 Å². The number of nitrogen functional groups attached to an aromatic ring is 1. The Bertz CT molecular complexity index is 559. The quantitative estimate of drug-likeness (QED) is 0.541. The van der Waals surface area contributed by atoms with Crippen molar-refractivity contribution in [2.24, 2.45) is 5.92 Å². The molecule has 0 amide bonds. The molecular weight excluding hydrogens is 359 g/mol. The average Bonchev–Trinajstić information content (AvgIpc) is 2.60. The predicted molar refractivity (Wildman–Crippen MR) is 100 cm³/mol. The minimum absolute atomic E-state index is 0. The molecule has 1 aromatic carbocycles. The molecule has 0 spiro atoms. The molecule has 0 aromatic heterocycles. The zero-order chi connectivity index (χ0) is 17.5. The van der Waals surface area contributed by atoms with Gasteiger partial charge in [0.2, 0.25) is 0 Å². The van der Waals surface area contributed by atoms with E-state index in [2.05, 4.69) is 11.8 Å². The number of nitrogens with two attached hydrogens (primary N) is 1. The number of ketones is 1. The number of ether oxygens (including phenoxy) is 1. The molecule has 0 bridgehead atoms. The van der Waals surface area contributed by atoms with Crippen molar-refractivity contribution < 1.29 is 21.9 Å². The second-order valence-electron chi connectivity index (χ2n) is 6.67. The number of nitrogens with zero attached hydrogens (tertiary/aromatic N) is 1. The van der Waals surface area contributed by atoms with E-state index in [9.17, 15) is 4.79 Å². The van der Waals surface area contributed by atoms with Crippen molar-refractivity contribution in [1.29, 1.82) is 0 Å². The molecule has 0 unspecified atom stereocenters. The normalized spacial score (nSPS) is 15.6. The molecular formula is C19H29Cl2N2O2-. The maximum absolute atomic E-state index is 12.5. The molecule has 2 rings (SSSR count). The lowest BCUT2D eigenvalue weighted by atomic mass is 9.90. The number of Topliss-reactive ketones (excluding diaryl/α,β-unsaturated/α-hetero) is 1. The van der Waals surface area contributed by atoms with Crippen LogP contribution in [-0.4, -0.2) is 37.4 Å².